The Balaban J connectivity index is 2.24. The smallest absolute Gasteiger partial charge is 0.148 e. The fraction of sp³-hybridized carbons (Fsp3) is 0.667. The predicted octanol–water partition coefficient (Wildman–Crippen LogP) is 2.28. The lowest BCUT2D eigenvalue weighted by atomic mass is 10.2. The zero-order chi connectivity index (χ0) is 13.1. The summed E-state index contributed by atoms with van der Waals surface area (Å²) in [5, 5.41) is 3.22. The van der Waals surface area contributed by atoms with Crippen LogP contribution in [0.1, 0.15) is 20.8 Å². The van der Waals surface area contributed by atoms with Crippen molar-refractivity contribution < 1.29 is 4.74 Å². The standard InChI is InChI=1S/C12H19BrN4O/c1-4-14-11-10(13)12(16-7-15-11)17-5-8(2)18-9(3)6-17/h7-9H,4-6H2,1-3H3,(H,14,15,16)/t8-,9+. The molecule has 0 amide bonds. The van der Waals surface area contributed by atoms with E-state index in [4.69, 9.17) is 4.74 Å². The van der Waals surface area contributed by atoms with Crippen LogP contribution in [-0.4, -0.2) is 41.8 Å². The van der Waals surface area contributed by atoms with Gasteiger partial charge in [-0.25, -0.2) is 9.97 Å². The van der Waals surface area contributed by atoms with Crippen molar-refractivity contribution in [2.75, 3.05) is 29.9 Å². The van der Waals surface area contributed by atoms with Crippen molar-refractivity contribution in [2.24, 2.45) is 0 Å². The topological polar surface area (TPSA) is 50.3 Å². The quantitative estimate of drug-likeness (QED) is 0.927. The third-order valence-electron chi connectivity index (χ3n) is 2.83. The van der Waals surface area contributed by atoms with Gasteiger partial charge in [0.05, 0.1) is 12.2 Å². The summed E-state index contributed by atoms with van der Waals surface area (Å²) in [6, 6.07) is 0. The first-order valence-corrected chi connectivity index (χ1v) is 7.05. The average Bonchev–Trinajstić information content (AvgIpc) is 2.31. The van der Waals surface area contributed by atoms with Crippen LogP contribution in [0.5, 0.6) is 0 Å². The van der Waals surface area contributed by atoms with Gasteiger partial charge in [-0.2, -0.15) is 0 Å². The van der Waals surface area contributed by atoms with Gasteiger partial charge >= 0.3 is 0 Å². The van der Waals surface area contributed by atoms with Crippen molar-refractivity contribution in [3.8, 4) is 0 Å². The molecule has 0 unspecified atom stereocenters. The number of anilines is 2. The summed E-state index contributed by atoms with van der Waals surface area (Å²) in [5.74, 6) is 1.78. The lowest BCUT2D eigenvalue weighted by Crippen LogP contribution is -2.46. The number of hydrogen-bond donors (Lipinski definition) is 1. The molecule has 2 rings (SSSR count). The minimum absolute atomic E-state index is 0.221. The SMILES string of the molecule is CCNc1ncnc(N2C[C@@H](C)O[C@@H](C)C2)c1Br. The molecule has 1 saturated heterocycles. The number of hydrogen-bond acceptors (Lipinski definition) is 5. The van der Waals surface area contributed by atoms with E-state index in [-0.39, 0.29) is 12.2 Å². The van der Waals surface area contributed by atoms with E-state index in [9.17, 15) is 0 Å². The molecule has 0 spiro atoms. The zero-order valence-corrected chi connectivity index (χ0v) is 12.6. The second-order valence-electron chi connectivity index (χ2n) is 4.55. The van der Waals surface area contributed by atoms with Crippen molar-refractivity contribution in [2.45, 2.75) is 33.0 Å². The molecule has 0 aromatic carbocycles. The van der Waals surface area contributed by atoms with Crippen molar-refractivity contribution in [1.29, 1.82) is 0 Å². The molecular formula is C12H19BrN4O. The Morgan fingerprint density at radius 1 is 1.39 bits per heavy atom. The summed E-state index contributed by atoms with van der Waals surface area (Å²) >= 11 is 3.59. The fourth-order valence-electron chi connectivity index (χ4n) is 2.22. The lowest BCUT2D eigenvalue weighted by Gasteiger charge is -2.36. The molecule has 0 radical (unpaired) electrons. The number of nitrogens with zero attached hydrogens (tertiary/aromatic N) is 3. The highest BCUT2D eigenvalue weighted by Gasteiger charge is 2.25. The molecule has 0 aliphatic carbocycles. The van der Waals surface area contributed by atoms with E-state index in [1.165, 1.54) is 0 Å². The number of rotatable bonds is 3. The Morgan fingerprint density at radius 3 is 2.67 bits per heavy atom. The molecule has 100 valence electrons. The summed E-state index contributed by atoms with van der Waals surface area (Å²) in [7, 11) is 0. The van der Waals surface area contributed by atoms with Crippen LogP contribution in [0.15, 0.2) is 10.8 Å². The van der Waals surface area contributed by atoms with Gasteiger partial charge in [0.2, 0.25) is 0 Å². The Kier molecular flexibility index (Phi) is 4.40. The highest BCUT2D eigenvalue weighted by Crippen LogP contribution is 2.31. The van der Waals surface area contributed by atoms with E-state index >= 15 is 0 Å². The molecule has 1 aliphatic heterocycles. The monoisotopic (exact) mass is 314 g/mol. The van der Waals surface area contributed by atoms with Crippen LogP contribution in [0, 0.1) is 0 Å². The minimum Gasteiger partial charge on any atom is -0.372 e. The molecule has 1 fully saturated rings. The Labute approximate surface area is 116 Å². The first-order valence-electron chi connectivity index (χ1n) is 6.26. The van der Waals surface area contributed by atoms with E-state index in [0.717, 1.165) is 35.7 Å². The maximum absolute atomic E-state index is 5.74. The van der Waals surface area contributed by atoms with E-state index in [0.29, 0.717) is 0 Å². The molecule has 0 saturated carbocycles. The summed E-state index contributed by atoms with van der Waals surface area (Å²) in [6.45, 7) is 8.76. The van der Waals surface area contributed by atoms with Gasteiger partial charge in [0.15, 0.2) is 0 Å². The molecule has 1 aromatic heterocycles. The Bertz CT molecular complexity index is 405. The molecule has 1 N–H and O–H groups in total. The molecule has 1 aromatic rings. The Morgan fingerprint density at radius 2 is 2.06 bits per heavy atom. The maximum atomic E-state index is 5.74. The van der Waals surface area contributed by atoms with Crippen LogP contribution < -0.4 is 10.2 Å². The zero-order valence-electron chi connectivity index (χ0n) is 11.0. The number of morpholine rings is 1. The van der Waals surface area contributed by atoms with Crippen LogP contribution >= 0.6 is 15.9 Å². The first kappa shape index (κ1) is 13.5. The van der Waals surface area contributed by atoms with E-state index in [1.54, 1.807) is 6.33 Å². The van der Waals surface area contributed by atoms with Gasteiger partial charge in [-0.1, -0.05) is 0 Å². The third-order valence-corrected chi connectivity index (χ3v) is 3.56. The number of ether oxygens (including phenoxy) is 1. The van der Waals surface area contributed by atoms with Gasteiger partial charge < -0.3 is 15.0 Å². The van der Waals surface area contributed by atoms with E-state index < -0.39 is 0 Å². The average molecular weight is 315 g/mol. The first-order chi connectivity index (χ1) is 8.61. The van der Waals surface area contributed by atoms with Crippen LogP contribution in [-0.2, 0) is 4.74 Å². The van der Waals surface area contributed by atoms with Gasteiger partial charge in [0.1, 0.15) is 22.4 Å². The van der Waals surface area contributed by atoms with Gasteiger partial charge in [0, 0.05) is 19.6 Å². The van der Waals surface area contributed by atoms with Crippen molar-refractivity contribution >= 4 is 27.6 Å². The summed E-state index contributed by atoms with van der Waals surface area (Å²) < 4.78 is 6.66. The van der Waals surface area contributed by atoms with Crippen LogP contribution in [0.3, 0.4) is 0 Å². The fourth-order valence-corrected chi connectivity index (χ4v) is 2.82. The molecule has 2 heterocycles. The maximum Gasteiger partial charge on any atom is 0.148 e. The van der Waals surface area contributed by atoms with Crippen LogP contribution in [0.2, 0.25) is 0 Å². The third kappa shape index (κ3) is 2.92. The number of nitrogens with one attached hydrogen (secondary N) is 1. The second kappa shape index (κ2) is 5.84. The molecule has 5 nitrogen and oxygen atoms in total. The van der Waals surface area contributed by atoms with Gasteiger partial charge in [0.25, 0.3) is 0 Å². The second-order valence-corrected chi connectivity index (χ2v) is 5.35. The normalized spacial score (nSPS) is 24.1. The van der Waals surface area contributed by atoms with Gasteiger partial charge in [-0.3, -0.25) is 0 Å². The van der Waals surface area contributed by atoms with Gasteiger partial charge in [-0.05, 0) is 36.7 Å². The Hall–Kier alpha value is -0.880. The van der Waals surface area contributed by atoms with Gasteiger partial charge in [-0.15, -0.1) is 0 Å². The van der Waals surface area contributed by atoms with E-state index in [2.05, 4.69) is 50.0 Å². The van der Waals surface area contributed by atoms with Crippen molar-refractivity contribution in [3.63, 3.8) is 0 Å². The molecule has 0 bridgehead atoms. The highest BCUT2D eigenvalue weighted by atomic mass is 79.9. The molecule has 1 aliphatic rings. The van der Waals surface area contributed by atoms with Crippen LogP contribution in [0.25, 0.3) is 0 Å². The minimum atomic E-state index is 0.221. The van der Waals surface area contributed by atoms with Crippen molar-refractivity contribution in [3.05, 3.63) is 10.8 Å². The van der Waals surface area contributed by atoms with Crippen molar-refractivity contribution in [1.82, 2.24) is 9.97 Å². The molecule has 2 atom stereocenters. The van der Waals surface area contributed by atoms with Crippen LogP contribution in [0.4, 0.5) is 11.6 Å². The summed E-state index contributed by atoms with van der Waals surface area (Å²) in [4.78, 5) is 10.9. The lowest BCUT2D eigenvalue weighted by molar-refractivity contribution is -0.00550. The largest absolute Gasteiger partial charge is 0.372 e. The molecular weight excluding hydrogens is 296 g/mol. The predicted molar refractivity (Wildman–Crippen MR) is 76.1 cm³/mol. The summed E-state index contributed by atoms with van der Waals surface area (Å²) in [6.07, 6.45) is 2.04. The highest BCUT2D eigenvalue weighted by molar-refractivity contribution is 9.10. The van der Waals surface area contributed by atoms with E-state index in [1.807, 2.05) is 6.92 Å². The molecule has 6 heteroatoms. The summed E-state index contributed by atoms with van der Waals surface area (Å²) in [5.41, 5.74) is 0. The molecule has 18 heavy (non-hydrogen) atoms. The number of aromatic nitrogens is 2. The number of halogens is 1.